The number of ether oxygens (including phenoxy) is 2. The summed E-state index contributed by atoms with van der Waals surface area (Å²) in [5, 5.41) is 9.72. The molecular formula is C24H23N5O3. The van der Waals surface area contributed by atoms with Gasteiger partial charge in [0.05, 0.1) is 31.5 Å². The molecule has 0 aliphatic carbocycles. The van der Waals surface area contributed by atoms with Crippen LogP contribution in [0.15, 0.2) is 54.7 Å². The highest BCUT2D eigenvalue weighted by Crippen LogP contribution is 2.35. The first-order chi connectivity index (χ1) is 15.7. The highest BCUT2D eigenvalue weighted by Gasteiger charge is 2.27. The molecule has 0 saturated carbocycles. The van der Waals surface area contributed by atoms with Crippen molar-refractivity contribution in [2.75, 3.05) is 25.2 Å². The van der Waals surface area contributed by atoms with Crippen LogP contribution in [-0.2, 0) is 17.8 Å². The van der Waals surface area contributed by atoms with E-state index in [0.29, 0.717) is 37.6 Å². The lowest BCUT2D eigenvalue weighted by Crippen LogP contribution is -2.35. The number of carbonyl (C=O) groups is 1. The Morgan fingerprint density at radius 3 is 2.72 bits per heavy atom. The van der Waals surface area contributed by atoms with Gasteiger partial charge in [-0.2, -0.15) is 0 Å². The second-order valence-corrected chi connectivity index (χ2v) is 7.50. The fourth-order valence-electron chi connectivity index (χ4n) is 4.13. The van der Waals surface area contributed by atoms with E-state index in [4.69, 9.17) is 9.47 Å². The summed E-state index contributed by atoms with van der Waals surface area (Å²) in [6.07, 6.45) is 1.59. The van der Waals surface area contributed by atoms with Crippen LogP contribution >= 0.6 is 0 Å². The summed E-state index contributed by atoms with van der Waals surface area (Å²) >= 11 is 0. The van der Waals surface area contributed by atoms with Gasteiger partial charge in [0.1, 0.15) is 11.3 Å². The number of esters is 1. The Balaban J connectivity index is 1.59. The summed E-state index contributed by atoms with van der Waals surface area (Å²) in [6.45, 7) is 3.99. The van der Waals surface area contributed by atoms with Gasteiger partial charge in [-0.1, -0.05) is 30.3 Å². The highest BCUT2D eigenvalue weighted by atomic mass is 16.5. The van der Waals surface area contributed by atoms with Crippen molar-refractivity contribution < 1.29 is 14.3 Å². The minimum absolute atomic E-state index is 0.295. The third-order valence-electron chi connectivity index (χ3n) is 5.64. The summed E-state index contributed by atoms with van der Waals surface area (Å²) < 4.78 is 12.9. The third-order valence-corrected chi connectivity index (χ3v) is 5.64. The van der Waals surface area contributed by atoms with E-state index in [1.807, 2.05) is 48.5 Å². The first kappa shape index (κ1) is 20.0. The first-order valence-corrected chi connectivity index (χ1v) is 10.6. The fraction of sp³-hybridized carbons (Fsp3) is 0.250. The number of methoxy groups -OCH3 is 1. The molecule has 0 atom stereocenters. The number of hydrogen-bond acceptors (Lipinski definition) is 7. The van der Waals surface area contributed by atoms with Crippen molar-refractivity contribution in [1.29, 1.82) is 0 Å². The molecule has 0 bridgehead atoms. The van der Waals surface area contributed by atoms with Crippen molar-refractivity contribution in [3.63, 3.8) is 0 Å². The van der Waals surface area contributed by atoms with Crippen LogP contribution in [0.5, 0.6) is 5.75 Å². The number of rotatable bonds is 5. The third kappa shape index (κ3) is 3.43. The van der Waals surface area contributed by atoms with Crippen LogP contribution in [0.1, 0.15) is 23.1 Å². The molecule has 0 radical (unpaired) electrons. The molecule has 2 aromatic heterocycles. The van der Waals surface area contributed by atoms with Crippen molar-refractivity contribution in [1.82, 2.24) is 19.7 Å². The van der Waals surface area contributed by atoms with Gasteiger partial charge >= 0.3 is 5.97 Å². The van der Waals surface area contributed by atoms with Gasteiger partial charge < -0.3 is 18.9 Å². The zero-order valence-electron chi connectivity index (χ0n) is 18.0. The molecule has 0 spiro atoms. The van der Waals surface area contributed by atoms with Gasteiger partial charge in [0.2, 0.25) is 0 Å². The normalized spacial score (nSPS) is 13.1. The van der Waals surface area contributed by atoms with Gasteiger partial charge in [0, 0.05) is 30.2 Å². The molecule has 8 nitrogen and oxygen atoms in total. The molecule has 0 unspecified atom stereocenters. The summed E-state index contributed by atoms with van der Waals surface area (Å²) in [5.41, 5.74) is 3.03. The number of benzene rings is 2. The molecule has 5 rings (SSSR count). The minimum Gasteiger partial charge on any atom is -0.497 e. The molecular weight excluding hydrogens is 406 g/mol. The molecule has 0 amide bonds. The fourth-order valence-corrected chi connectivity index (χ4v) is 4.13. The lowest BCUT2D eigenvalue weighted by Gasteiger charge is -2.31. The van der Waals surface area contributed by atoms with Gasteiger partial charge in [-0.05, 0) is 25.1 Å². The van der Waals surface area contributed by atoms with Crippen LogP contribution in [0.2, 0.25) is 0 Å². The van der Waals surface area contributed by atoms with E-state index in [2.05, 4.69) is 24.6 Å². The van der Waals surface area contributed by atoms with E-state index < -0.39 is 5.97 Å². The number of carbonyl (C=O) groups excluding carboxylic acids is 1. The maximum absolute atomic E-state index is 12.8. The van der Waals surface area contributed by atoms with Gasteiger partial charge in [-0.25, -0.2) is 4.79 Å². The predicted molar refractivity (Wildman–Crippen MR) is 121 cm³/mol. The zero-order chi connectivity index (χ0) is 22.1. The van der Waals surface area contributed by atoms with Crippen LogP contribution in [0.3, 0.4) is 0 Å². The van der Waals surface area contributed by atoms with Crippen molar-refractivity contribution in [3.05, 3.63) is 66.1 Å². The van der Waals surface area contributed by atoms with Crippen molar-refractivity contribution in [2.24, 2.45) is 0 Å². The predicted octanol–water partition coefficient (Wildman–Crippen LogP) is 3.70. The van der Waals surface area contributed by atoms with Crippen molar-refractivity contribution in [3.8, 4) is 17.1 Å². The largest absolute Gasteiger partial charge is 0.497 e. The highest BCUT2D eigenvalue weighted by molar-refractivity contribution is 6.05. The maximum atomic E-state index is 12.8. The molecule has 0 fully saturated rings. The lowest BCUT2D eigenvalue weighted by molar-refractivity contribution is 0.0526. The molecule has 0 N–H and O–H groups in total. The summed E-state index contributed by atoms with van der Waals surface area (Å²) in [4.78, 5) is 19.4. The second kappa shape index (κ2) is 8.30. The van der Waals surface area contributed by atoms with Crippen LogP contribution < -0.4 is 9.64 Å². The van der Waals surface area contributed by atoms with Crippen LogP contribution in [0.25, 0.3) is 22.3 Å². The number of nitrogens with zero attached hydrogens (tertiary/aromatic N) is 5. The number of pyridine rings is 1. The Bertz CT molecular complexity index is 1290. The lowest BCUT2D eigenvalue weighted by atomic mass is 10.1. The van der Waals surface area contributed by atoms with E-state index in [9.17, 15) is 4.79 Å². The number of aromatic nitrogens is 4. The summed E-state index contributed by atoms with van der Waals surface area (Å²) in [5.74, 6) is 2.01. The molecule has 0 saturated heterocycles. The standard InChI is InChI=1S/C24H23N5O3/c1-3-32-24(30)19-14-25-20-10-9-17(31-2)13-18(20)22(19)28-11-12-29-21(15-28)26-27-23(29)16-7-5-4-6-8-16/h4-10,13-14H,3,11-12,15H2,1-2H3. The Kier molecular flexibility index (Phi) is 5.18. The maximum Gasteiger partial charge on any atom is 0.341 e. The Hall–Kier alpha value is -3.94. The molecule has 3 heterocycles. The van der Waals surface area contributed by atoms with E-state index in [0.717, 1.165) is 33.8 Å². The smallest absolute Gasteiger partial charge is 0.341 e. The van der Waals surface area contributed by atoms with Crippen molar-refractivity contribution >= 4 is 22.6 Å². The van der Waals surface area contributed by atoms with E-state index >= 15 is 0 Å². The Labute approximate surface area is 185 Å². The number of anilines is 1. The van der Waals surface area contributed by atoms with Crippen LogP contribution in [-0.4, -0.2) is 46.0 Å². The topological polar surface area (TPSA) is 82.4 Å². The van der Waals surface area contributed by atoms with Gasteiger partial charge in [-0.3, -0.25) is 4.98 Å². The molecule has 8 heteroatoms. The quantitative estimate of drug-likeness (QED) is 0.447. The zero-order valence-corrected chi connectivity index (χ0v) is 18.0. The average Bonchev–Trinajstić information content (AvgIpc) is 3.27. The number of hydrogen-bond donors (Lipinski definition) is 0. The minimum atomic E-state index is -0.392. The van der Waals surface area contributed by atoms with Crippen molar-refractivity contribution in [2.45, 2.75) is 20.0 Å². The first-order valence-electron chi connectivity index (χ1n) is 10.6. The van der Waals surface area contributed by atoms with E-state index in [1.54, 1.807) is 20.2 Å². The second-order valence-electron chi connectivity index (χ2n) is 7.50. The molecule has 1 aliphatic rings. The van der Waals surface area contributed by atoms with E-state index in [1.165, 1.54) is 0 Å². The summed E-state index contributed by atoms with van der Waals surface area (Å²) in [7, 11) is 1.62. The SMILES string of the molecule is CCOC(=O)c1cnc2ccc(OC)cc2c1N1CCn2c(nnc2-c2ccccc2)C1. The Morgan fingerprint density at radius 2 is 1.94 bits per heavy atom. The molecule has 32 heavy (non-hydrogen) atoms. The molecule has 162 valence electrons. The van der Waals surface area contributed by atoms with Gasteiger partial charge in [0.25, 0.3) is 0 Å². The van der Waals surface area contributed by atoms with Crippen LogP contribution in [0, 0.1) is 0 Å². The van der Waals surface area contributed by atoms with E-state index in [-0.39, 0.29) is 0 Å². The molecule has 4 aromatic rings. The monoisotopic (exact) mass is 429 g/mol. The van der Waals surface area contributed by atoms with Gasteiger partial charge in [-0.15, -0.1) is 10.2 Å². The van der Waals surface area contributed by atoms with Crippen LogP contribution in [0.4, 0.5) is 5.69 Å². The van der Waals surface area contributed by atoms with Gasteiger partial charge in [0.15, 0.2) is 11.6 Å². The molecule has 2 aromatic carbocycles. The number of fused-ring (bicyclic) bond motifs is 2. The summed E-state index contributed by atoms with van der Waals surface area (Å²) in [6, 6.07) is 15.7. The Morgan fingerprint density at radius 1 is 1.09 bits per heavy atom. The average molecular weight is 429 g/mol. The molecule has 1 aliphatic heterocycles.